The van der Waals surface area contributed by atoms with Crippen molar-refractivity contribution in [2.24, 2.45) is 5.92 Å². The molecule has 0 saturated heterocycles. The van der Waals surface area contributed by atoms with E-state index in [1.54, 1.807) is 6.92 Å². The molecule has 1 rings (SSSR count). The zero-order chi connectivity index (χ0) is 13.6. The van der Waals surface area contributed by atoms with Gasteiger partial charge in [-0.1, -0.05) is 19.9 Å². The number of carbonyl (C=O) groups is 1. The predicted molar refractivity (Wildman–Crippen MR) is 72.4 cm³/mol. The Labute approximate surface area is 111 Å². The normalized spacial score (nSPS) is 20.2. The van der Waals surface area contributed by atoms with Crippen molar-refractivity contribution >= 4 is 5.97 Å². The van der Waals surface area contributed by atoms with Crippen LogP contribution in [0.2, 0.25) is 0 Å². The highest BCUT2D eigenvalue weighted by atomic mass is 16.6. The number of carbonyl (C=O) groups excluding carboxylic acids is 1. The Morgan fingerprint density at radius 3 is 2.44 bits per heavy atom. The third kappa shape index (κ3) is 3.84. The summed E-state index contributed by atoms with van der Waals surface area (Å²) < 4.78 is 11.3. The molecule has 1 saturated carbocycles. The van der Waals surface area contributed by atoms with Crippen LogP contribution >= 0.6 is 0 Å². The molecule has 1 atom stereocenters. The van der Waals surface area contributed by atoms with E-state index < -0.39 is 0 Å². The summed E-state index contributed by atoms with van der Waals surface area (Å²) in [4.78, 5) is 11.8. The smallest absolute Gasteiger partial charge is 0.333 e. The third-order valence-electron chi connectivity index (χ3n) is 3.81. The Morgan fingerprint density at radius 2 is 1.94 bits per heavy atom. The van der Waals surface area contributed by atoms with Crippen molar-refractivity contribution in [2.45, 2.75) is 58.5 Å². The van der Waals surface area contributed by atoms with Crippen LogP contribution in [-0.2, 0) is 14.3 Å². The van der Waals surface area contributed by atoms with Crippen molar-refractivity contribution in [1.29, 1.82) is 0 Å². The van der Waals surface area contributed by atoms with Gasteiger partial charge in [0.15, 0.2) is 0 Å². The summed E-state index contributed by atoms with van der Waals surface area (Å²) in [6, 6.07) is 0. The molecule has 0 aliphatic heterocycles. The lowest BCUT2D eigenvalue weighted by molar-refractivity contribution is -0.168. The molecular formula is C15H26O3. The van der Waals surface area contributed by atoms with Gasteiger partial charge in [-0.05, 0) is 39.5 Å². The van der Waals surface area contributed by atoms with Gasteiger partial charge in [0.1, 0.15) is 5.60 Å². The van der Waals surface area contributed by atoms with Crippen molar-refractivity contribution in [3.05, 3.63) is 12.2 Å². The fraction of sp³-hybridized carbons (Fsp3) is 0.800. The van der Waals surface area contributed by atoms with Gasteiger partial charge in [-0.3, -0.25) is 0 Å². The summed E-state index contributed by atoms with van der Waals surface area (Å²) in [5.41, 5.74) is 0.132. The predicted octanol–water partition coefficient (Wildman–Crippen LogP) is 3.48. The zero-order valence-electron chi connectivity index (χ0n) is 12.0. The van der Waals surface area contributed by atoms with Crippen LogP contribution in [0, 0.1) is 5.92 Å². The molecule has 0 spiro atoms. The Kier molecular flexibility index (Phi) is 5.86. The lowest BCUT2D eigenvalue weighted by Crippen LogP contribution is -2.45. The van der Waals surface area contributed by atoms with Crippen LogP contribution in [0.3, 0.4) is 0 Å². The molecule has 3 heteroatoms. The molecule has 104 valence electrons. The van der Waals surface area contributed by atoms with Crippen LogP contribution in [0.4, 0.5) is 0 Å². The van der Waals surface area contributed by atoms with Crippen LogP contribution in [0.25, 0.3) is 0 Å². The molecule has 1 aliphatic rings. The van der Waals surface area contributed by atoms with E-state index in [9.17, 15) is 4.79 Å². The molecule has 1 fully saturated rings. The van der Waals surface area contributed by atoms with E-state index >= 15 is 0 Å². The van der Waals surface area contributed by atoms with Gasteiger partial charge >= 0.3 is 5.97 Å². The fourth-order valence-corrected chi connectivity index (χ4v) is 2.56. The van der Waals surface area contributed by atoms with Gasteiger partial charge < -0.3 is 9.47 Å². The van der Waals surface area contributed by atoms with E-state index in [2.05, 4.69) is 13.5 Å². The Hall–Kier alpha value is -0.830. The van der Waals surface area contributed by atoms with Gasteiger partial charge in [-0.2, -0.15) is 0 Å². The van der Waals surface area contributed by atoms with Crippen LogP contribution in [0.1, 0.15) is 52.9 Å². The van der Waals surface area contributed by atoms with Crippen LogP contribution < -0.4 is 0 Å². The molecular weight excluding hydrogens is 228 g/mol. The van der Waals surface area contributed by atoms with Crippen LogP contribution in [-0.4, -0.2) is 24.8 Å². The Bertz CT molecular complexity index is 290. The maximum absolute atomic E-state index is 11.8. The van der Waals surface area contributed by atoms with Gasteiger partial charge in [0.25, 0.3) is 0 Å². The number of hydrogen-bond acceptors (Lipinski definition) is 3. The quantitative estimate of drug-likeness (QED) is 0.537. The first-order valence-electron chi connectivity index (χ1n) is 6.98. The van der Waals surface area contributed by atoms with Crippen molar-refractivity contribution in [2.75, 3.05) is 13.2 Å². The number of esters is 1. The van der Waals surface area contributed by atoms with Crippen molar-refractivity contribution < 1.29 is 14.3 Å². The van der Waals surface area contributed by atoms with E-state index in [0.717, 1.165) is 25.7 Å². The Morgan fingerprint density at radius 1 is 1.33 bits per heavy atom. The summed E-state index contributed by atoms with van der Waals surface area (Å²) in [7, 11) is 0. The topological polar surface area (TPSA) is 35.5 Å². The molecule has 0 amide bonds. The number of hydrogen-bond donors (Lipinski definition) is 0. The highest BCUT2D eigenvalue weighted by Gasteiger charge is 2.41. The maximum atomic E-state index is 11.8. The summed E-state index contributed by atoms with van der Waals surface area (Å²) in [6.07, 6.45) is 5.37. The molecule has 1 aliphatic carbocycles. The highest BCUT2D eigenvalue weighted by Crippen LogP contribution is 2.38. The van der Waals surface area contributed by atoms with Crippen LogP contribution in [0.5, 0.6) is 0 Å². The summed E-state index contributed by atoms with van der Waals surface area (Å²) in [6.45, 7) is 10.8. The third-order valence-corrected chi connectivity index (χ3v) is 3.81. The van der Waals surface area contributed by atoms with E-state index in [-0.39, 0.29) is 17.5 Å². The molecule has 0 N–H and O–H groups in total. The number of ether oxygens (including phenoxy) is 2. The minimum absolute atomic E-state index is 0.237. The molecule has 0 aromatic heterocycles. The first kappa shape index (κ1) is 15.2. The summed E-state index contributed by atoms with van der Waals surface area (Å²) in [5, 5.41) is 0. The average Bonchev–Trinajstić information content (AvgIpc) is 2.36. The minimum atomic E-state index is -0.344. The van der Waals surface area contributed by atoms with Crippen LogP contribution in [0.15, 0.2) is 12.2 Å². The molecule has 0 radical (unpaired) electrons. The monoisotopic (exact) mass is 254 g/mol. The van der Waals surface area contributed by atoms with E-state index in [4.69, 9.17) is 9.47 Å². The first-order chi connectivity index (χ1) is 8.52. The molecule has 0 bridgehead atoms. The van der Waals surface area contributed by atoms with Gasteiger partial charge in [0, 0.05) is 18.1 Å². The average molecular weight is 254 g/mol. The van der Waals surface area contributed by atoms with E-state index in [0.29, 0.717) is 18.8 Å². The van der Waals surface area contributed by atoms with Crippen molar-refractivity contribution in [1.82, 2.24) is 0 Å². The highest BCUT2D eigenvalue weighted by molar-refractivity contribution is 5.87. The molecule has 0 heterocycles. The maximum Gasteiger partial charge on any atom is 0.333 e. The molecule has 0 aromatic rings. The fourth-order valence-electron chi connectivity index (χ4n) is 2.56. The second-order valence-corrected chi connectivity index (χ2v) is 5.36. The second kappa shape index (κ2) is 6.93. The molecule has 0 aromatic carbocycles. The Balaban J connectivity index is 2.74. The number of rotatable bonds is 6. The van der Waals surface area contributed by atoms with Gasteiger partial charge in [-0.25, -0.2) is 4.79 Å². The largest absolute Gasteiger partial charge is 0.455 e. The van der Waals surface area contributed by atoms with E-state index in [1.807, 2.05) is 6.92 Å². The van der Waals surface area contributed by atoms with Gasteiger partial charge in [0.05, 0.1) is 6.61 Å². The minimum Gasteiger partial charge on any atom is -0.455 e. The van der Waals surface area contributed by atoms with Crippen molar-refractivity contribution in [3.8, 4) is 0 Å². The van der Waals surface area contributed by atoms with E-state index in [1.165, 1.54) is 6.42 Å². The summed E-state index contributed by atoms with van der Waals surface area (Å²) >= 11 is 0. The van der Waals surface area contributed by atoms with Gasteiger partial charge in [0.2, 0.25) is 0 Å². The van der Waals surface area contributed by atoms with Crippen molar-refractivity contribution in [3.63, 3.8) is 0 Å². The zero-order valence-corrected chi connectivity index (χ0v) is 12.0. The molecule has 3 nitrogen and oxygen atoms in total. The summed E-state index contributed by atoms with van der Waals surface area (Å²) in [5.74, 6) is -0.0266. The molecule has 1 unspecified atom stereocenters. The first-order valence-corrected chi connectivity index (χ1v) is 6.98. The SMILES string of the molecule is C=C(C)C(=O)OC1(C(C)COCC)CCCCC1. The lowest BCUT2D eigenvalue weighted by atomic mass is 9.76. The standard InChI is InChI=1S/C15H26O3/c1-5-17-11-13(4)15(9-7-6-8-10-15)18-14(16)12(2)3/h13H,2,5-11H2,1,3-4H3. The lowest BCUT2D eigenvalue weighted by Gasteiger charge is -2.41. The molecule has 18 heavy (non-hydrogen) atoms. The second-order valence-electron chi connectivity index (χ2n) is 5.36. The van der Waals surface area contributed by atoms with Gasteiger partial charge in [-0.15, -0.1) is 0 Å².